The van der Waals surface area contributed by atoms with Crippen molar-refractivity contribution < 1.29 is 4.79 Å². The van der Waals surface area contributed by atoms with Gasteiger partial charge in [0.2, 0.25) is 5.91 Å². The first-order valence-electron chi connectivity index (χ1n) is 10.5. The van der Waals surface area contributed by atoms with Crippen molar-refractivity contribution in [1.82, 2.24) is 4.90 Å². The quantitative estimate of drug-likeness (QED) is 0.331. The van der Waals surface area contributed by atoms with Crippen LogP contribution in [0.1, 0.15) is 36.1 Å². The summed E-state index contributed by atoms with van der Waals surface area (Å²) in [5.41, 5.74) is 1.91. The lowest BCUT2D eigenvalue weighted by atomic mass is 9.75. The summed E-state index contributed by atoms with van der Waals surface area (Å²) < 4.78 is 0. The number of hydrogen-bond donors (Lipinski definition) is 0. The van der Waals surface area contributed by atoms with Crippen LogP contribution in [0.4, 0.5) is 0 Å². The highest BCUT2D eigenvalue weighted by atomic mass is 35.5. The van der Waals surface area contributed by atoms with E-state index < -0.39 is 5.41 Å². The SMILES string of the molecule is C[C@H](c1ccccc1)N1CCC(Cc2c(Cl)cccc2Cl)(Cc2c(Cl)cccc2Cl)C1=O. The van der Waals surface area contributed by atoms with Crippen molar-refractivity contribution in [2.75, 3.05) is 6.54 Å². The Hall–Kier alpha value is -1.71. The summed E-state index contributed by atoms with van der Waals surface area (Å²) in [5, 5.41) is 2.24. The van der Waals surface area contributed by atoms with Gasteiger partial charge < -0.3 is 4.90 Å². The number of rotatable bonds is 6. The molecule has 3 aromatic rings. The number of amides is 1. The van der Waals surface area contributed by atoms with Gasteiger partial charge in [0, 0.05) is 26.6 Å². The van der Waals surface area contributed by atoms with E-state index in [9.17, 15) is 4.79 Å². The average molecular weight is 507 g/mol. The second-order valence-electron chi connectivity index (χ2n) is 8.37. The Morgan fingerprint density at radius 2 is 1.25 bits per heavy atom. The molecule has 1 fully saturated rings. The van der Waals surface area contributed by atoms with Gasteiger partial charge in [-0.3, -0.25) is 4.79 Å². The second kappa shape index (κ2) is 9.65. The number of halogens is 4. The van der Waals surface area contributed by atoms with Crippen LogP contribution in [0.2, 0.25) is 20.1 Å². The molecule has 0 aliphatic carbocycles. The first kappa shape index (κ1) is 23.4. The Morgan fingerprint density at radius 1 is 0.781 bits per heavy atom. The number of hydrogen-bond acceptors (Lipinski definition) is 1. The molecular weight excluding hydrogens is 484 g/mol. The summed E-state index contributed by atoms with van der Waals surface area (Å²) in [6.07, 6.45) is 1.50. The van der Waals surface area contributed by atoms with Crippen molar-refractivity contribution in [3.8, 4) is 0 Å². The van der Waals surface area contributed by atoms with E-state index in [0.717, 1.165) is 16.7 Å². The van der Waals surface area contributed by atoms with E-state index in [4.69, 9.17) is 46.4 Å². The molecule has 4 rings (SSSR count). The molecule has 3 aromatic carbocycles. The fourth-order valence-electron chi connectivity index (χ4n) is 4.60. The number of nitrogens with zero attached hydrogens (tertiary/aromatic N) is 1. The summed E-state index contributed by atoms with van der Waals surface area (Å²) >= 11 is 26.1. The number of likely N-dealkylation sites (tertiary alicyclic amines) is 1. The standard InChI is InChI=1S/C26H23Cl4NO/c1-17(18-7-3-2-4-8-18)31-14-13-26(25(31)32,15-19-21(27)9-5-10-22(19)28)16-20-23(29)11-6-12-24(20)30/h2-12,17H,13-16H2,1H3/t17-/m1/s1. The van der Waals surface area contributed by atoms with Crippen LogP contribution < -0.4 is 0 Å². The predicted octanol–water partition coefficient (Wildman–Crippen LogP) is 8.07. The maximum atomic E-state index is 14.0. The largest absolute Gasteiger partial charge is 0.335 e. The van der Waals surface area contributed by atoms with Gasteiger partial charge in [-0.05, 0) is 67.1 Å². The first-order chi connectivity index (χ1) is 15.3. The summed E-state index contributed by atoms with van der Waals surface area (Å²) in [7, 11) is 0. The molecule has 1 aliphatic rings. The Bertz CT molecular complexity index is 1040. The van der Waals surface area contributed by atoms with Crippen LogP contribution in [0.5, 0.6) is 0 Å². The molecule has 0 radical (unpaired) electrons. The molecule has 1 heterocycles. The molecule has 32 heavy (non-hydrogen) atoms. The van der Waals surface area contributed by atoms with Crippen LogP contribution >= 0.6 is 46.4 Å². The Balaban J connectivity index is 1.75. The Kier molecular flexibility index (Phi) is 7.07. The molecule has 0 bridgehead atoms. The van der Waals surface area contributed by atoms with Gasteiger partial charge in [0.15, 0.2) is 0 Å². The monoisotopic (exact) mass is 505 g/mol. The highest BCUT2D eigenvalue weighted by molar-refractivity contribution is 6.36. The Labute approximate surface area is 209 Å². The van der Waals surface area contributed by atoms with E-state index >= 15 is 0 Å². The zero-order valence-corrected chi connectivity index (χ0v) is 20.6. The second-order valence-corrected chi connectivity index (χ2v) is 10.00. The van der Waals surface area contributed by atoms with Gasteiger partial charge in [0.25, 0.3) is 0 Å². The van der Waals surface area contributed by atoms with Gasteiger partial charge in [0.1, 0.15) is 0 Å². The summed E-state index contributed by atoms with van der Waals surface area (Å²) in [6.45, 7) is 2.70. The maximum absolute atomic E-state index is 14.0. The van der Waals surface area contributed by atoms with Crippen LogP contribution in [-0.4, -0.2) is 17.4 Å². The van der Waals surface area contributed by atoms with E-state index in [0.29, 0.717) is 45.9 Å². The lowest BCUT2D eigenvalue weighted by molar-refractivity contribution is -0.137. The van der Waals surface area contributed by atoms with E-state index in [2.05, 4.69) is 6.92 Å². The van der Waals surface area contributed by atoms with Gasteiger partial charge in [-0.25, -0.2) is 0 Å². The summed E-state index contributed by atoms with van der Waals surface area (Å²) in [4.78, 5) is 16.0. The third kappa shape index (κ3) is 4.52. The molecule has 1 saturated heterocycles. The molecule has 1 amide bonds. The molecule has 0 spiro atoms. The third-order valence-electron chi connectivity index (χ3n) is 6.45. The van der Waals surface area contributed by atoms with Crippen LogP contribution in [0.3, 0.4) is 0 Å². The van der Waals surface area contributed by atoms with Gasteiger partial charge in [-0.15, -0.1) is 0 Å². The van der Waals surface area contributed by atoms with Gasteiger partial charge >= 0.3 is 0 Å². The first-order valence-corrected chi connectivity index (χ1v) is 12.1. The third-order valence-corrected chi connectivity index (χ3v) is 7.87. The smallest absolute Gasteiger partial charge is 0.230 e. The summed E-state index contributed by atoms with van der Waals surface area (Å²) in [6, 6.07) is 20.9. The summed E-state index contributed by atoms with van der Waals surface area (Å²) in [5.74, 6) is 0.0702. The number of benzene rings is 3. The maximum Gasteiger partial charge on any atom is 0.230 e. The van der Waals surface area contributed by atoms with Crippen molar-refractivity contribution in [1.29, 1.82) is 0 Å². The minimum absolute atomic E-state index is 0.0472. The molecule has 2 nitrogen and oxygen atoms in total. The fraction of sp³-hybridized carbons (Fsp3) is 0.269. The average Bonchev–Trinajstić information content (AvgIpc) is 3.10. The van der Waals surface area contributed by atoms with Crippen molar-refractivity contribution in [2.24, 2.45) is 5.41 Å². The molecule has 0 aromatic heterocycles. The van der Waals surface area contributed by atoms with Crippen molar-refractivity contribution in [3.63, 3.8) is 0 Å². The van der Waals surface area contributed by atoms with Crippen LogP contribution in [0, 0.1) is 5.41 Å². The zero-order chi connectivity index (χ0) is 22.9. The molecule has 1 aliphatic heterocycles. The van der Waals surface area contributed by atoms with Crippen molar-refractivity contribution in [2.45, 2.75) is 32.2 Å². The fourth-order valence-corrected chi connectivity index (χ4v) is 5.66. The van der Waals surface area contributed by atoms with E-state index in [-0.39, 0.29) is 11.9 Å². The molecule has 0 N–H and O–H groups in total. The lowest BCUT2D eigenvalue weighted by Gasteiger charge is -2.32. The predicted molar refractivity (Wildman–Crippen MR) is 134 cm³/mol. The van der Waals surface area contributed by atoms with E-state index in [1.807, 2.05) is 71.6 Å². The highest BCUT2D eigenvalue weighted by Gasteiger charge is 2.49. The minimum atomic E-state index is -0.744. The Morgan fingerprint density at radius 3 is 1.72 bits per heavy atom. The van der Waals surface area contributed by atoms with Gasteiger partial charge in [0.05, 0.1) is 11.5 Å². The van der Waals surface area contributed by atoms with Crippen LogP contribution in [0.15, 0.2) is 66.7 Å². The molecule has 6 heteroatoms. The molecule has 1 atom stereocenters. The molecular formula is C26H23Cl4NO. The molecule has 166 valence electrons. The van der Waals surface area contributed by atoms with Crippen LogP contribution in [0.25, 0.3) is 0 Å². The van der Waals surface area contributed by atoms with Crippen molar-refractivity contribution >= 4 is 52.3 Å². The molecule has 0 saturated carbocycles. The topological polar surface area (TPSA) is 20.3 Å². The minimum Gasteiger partial charge on any atom is -0.335 e. The number of carbonyl (C=O) groups excluding carboxylic acids is 1. The number of carbonyl (C=O) groups is 1. The normalized spacial score (nSPS) is 16.4. The van der Waals surface area contributed by atoms with E-state index in [1.165, 1.54) is 0 Å². The molecule has 0 unspecified atom stereocenters. The highest BCUT2D eigenvalue weighted by Crippen LogP contribution is 2.46. The van der Waals surface area contributed by atoms with E-state index in [1.54, 1.807) is 0 Å². The van der Waals surface area contributed by atoms with Gasteiger partial charge in [-0.1, -0.05) is 88.9 Å². The van der Waals surface area contributed by atoms with Gasteiger partial charge in [-0.2, -0.15) is 0 Å². The van der Waals surface area contributed by atoms with Crippen molar-refractivity contribution in [3.05, 3.63) is 104 Å². The zero-order valence-electron chi connectivity index (χ0n) is 17.6. The lowest BCUT2D eigenvalue weighted by Crippen LogP contribution is -2.39. The van der Waals surface area contributed by atoms with Crippen LogP contribution in [-0.2, 0) is 17.6 Å².